The Morgan fingerprint density at radius 1 is 1.40 bits per heavy atom. The molecule has 112 valence electrons. The summed E-state index contributed by atoms with van der Waals surface area (Å²) < 4.78 is 5.15. The lowest BCUT2D eigenvalue weighted by molar-refractivity contribution is 0.0696. The number of carbonyl (C=O) groups is 1. The Bertz CT molecular complexity index is 443. The van der Waals surface area contributed by atoms with E-state index < -0.39 is 5.97 Å². The molecule has 0 heterocycles. The maximum Gasteiger partial charge on any atom is 0.335 e. The topological polar surface area (TPSA) is 49.8 Å². The third kappa shape index (κ3) is 5.31. The van der Waals surface area contributed by atoms with Gasteiger partial charge in [-0.25, -0.2) is 4.79 Å². The minimum Gasteiger partial charge on any atom is -0.478 e. The van der Waals surface area contributed by atoms with Crippen molar-refractivity contribution in [2.45, 2.75) is 27.3 Å². The Balaban J connectivity index is 2.79. The molecular weight excluding hydrogens is 254 g/mol. The van der Waals surface area contributed by atoms with Crippen LogP contribution in [0.4, 0.5) is 0 Å². The Kier molecular flexibility index (Phi) is 6.68. The van der Waals surface area contributed by atoms with Gasteiger partial charge in [-0.15, -0.1) is 0 Å². The lowest BCUT2D eigenvalue weighted by Crippen LogP contribution is -2.30. The molecule has 0 aliphatic rings. The van der Waals surface area contributed by atoms with Crippen molar-refractivity contribution < 1.29 is 14.6 Å². The molecule has 0 radical (unpaired) electrons. The number of rotatable bonds is 8. The van der Waals surface area contributed by atoms with Gasteiger partial charge in [0.25, 0.3) is 0 Å². The number of hydrogen-bond donors (Lipinski definition) is 1. The smallest absolute Gasteiger partial charge is 0.335 e. The van der Waals surface area contributed by atoms with Crippen molar-refractivity contribution in [1.29, 1.82) is 0 Å². The molecule has 0 atom stereocenters. The van der Waals surface area contributed by atoms with Gasteiger partial charge in [0.15, 0.2) is 0 Å². The molecule has 0 unspecified atom stereocenters. The third-order valence-electron chi connectivity index (χ3n) is 3.22. The molecule has 0 saturated carbocycles. The van der Waals surface area contributed by atoms with Crippen LogP contribution in [0.5, 0.6) is 0 Å². The quantitative estimate of drug-likeness (QED) is 0.795. The van der Waals surface area contributed by atoms with Crippen molar-refractivity contribution in [2.75, 3.05) is 26.8 Å². The number of methoxy groups -OCH3 is 1. The average Bonchev–Trinajstić information content (AvgIpc) is 2.37. The summed E-state index contributed by atoms with van der Waals surface area (Å²) >= 11 is 0. The van der Waals surface area contributed by atoms with Crippen molar-refractivity contribution in [3.63, 3.8) is 0 Å². The Hall–Kier alpha value is -1.39. The lowest BCUT2D eigenvalue weighted by Gasteiger charge is -2.24. The second-order valence-electron chi connectivity index (χ2n) is 5.57. The molecule has 4 heteroatoms. The van der Waals surface area contributed by atoms with Crippen molar-refractivity contribution in [3.05, 3.63) is 34.9 Å². The zero-order chi connectivity index (χ0) is 15.1. The van der Waals surface area contributed by atoms with Gasteiger partial charge in [0, 0.05) is 26.7 Å². The normalized spacial score (nSPS) is 11.3. The van der Waals surface area contributed by atoms with E-state index in [1.54, 1.807) is 19.2 Å². The number of hydrogen-bond acceptors (Lipinski definition) is 3. The number of aryl methyl sites for hydroxylation is 1. The predicted molar refractivity (Wildman–Crippen MR) is 80.1 cm³/mol. The summed E-state index contributed by atoms with van der Waals surface area (Å²) in [6.07, 6.45) is 0. The van der Waals surface area contributed by atoms with Crippen LogP contribution < -0.4 is 0 Å². The summed E-state index contributed by atoms with van der Waals surface area (Å²) in [5.74, 6) is -0.288. The van der Waals surface area contributed by atoms with Gasteiger partial charge in [-0.3, -0.25) is 4.90 Å². The first kappa shape index (κ1) is 16.7. The SMILES string of the molecule is COCCN(Cc1ccc(C(=O)O)cc1C)CC(C)C. The molecule has 1 rings (SSSR count). The van der Waals surface area contributed by atoms with Gasteiger partial charge < -0.3 is 9.84 Å². The summed E-state index contributed by atoms with van der Waals surface area (Å²) in [5.41, 5.74) is 2.54. The van der Waals surface area contributed by atoms with E-state index in [1.165, 1.54) is 5.56 Å². The van der Waals surface area contributed by atoms with Crippen LogP contribution in [0.15, 0.2) is 18.2 Å². The largest absolute Gasteiger partial charge is 0.478 e. The van der Waals surface area contributed by atoms with E-state index in [2.05, 4.69) is 18.7 Å². The summed E-state index contributed by atoms with van der Waals surface area (Å²) in [6.45, 7) is 9.77. The molecule has 1 N–H and O–H groups in total. The molecule has 1 aromatic carbocycles. The van der Waals surface area contributed by atoms with Gasteiger partial charge in [-0.1, -0.05) is 19.9 Å². The standard InChI is InChI=1S/C16H25NO3/c1-12(2)10-17(7-8-20-4)11-15-6-5-14(16(18)19)9-13(15)3/h5-6,9,12H,7-8,10-11H2,1-4H3,(H,18,19). The second-order valence-corrected chi connectivity index (χ2v) is 5.57. The summed E-state index contributed by atoms with van der Waals surface area (Å²) in [6, 6.07) is 5.33. The van der Waals surface area contributed by atoms with Crippen LogP contribution in [0.3, 0.4) is 0 Å². The minimum absolute atomic E-state index is 0.346. The van der Waals surface area contributed by atoms with Gasteiger partial charge >= 0.3 is 5.97 Å². The Labute approximate surface area is 121 Å². The molecule has 20 heavy (non-hydrogen) atoms. The highest BCUT2D eigenvalue weighted by atomic mass is 16.5. The second kappa shape index (κ2) is 8.02. The third-order valence-corrected chi connectivity index (χ3v) is 3.22. The van der Waals surface area contributed by atoms with E-state index in [0.717, 1.165) is 25.2 Å². The van der Waals surface area contributed by atoms with E-state index in [1.807, 2.05) is 13.0 Å². The highest BCUT2D eigenvalue weighted by molar-refractivity contribution is 5.87. The molecule has 0 aromatic heterocycles. The van der Waals surface area contributed by atoms with Gasteiger partial charge in [-0.2, -0.15) is 0 Å². The van der Waals surface area contributed by atoms with Gasteiger partial charge in [0.05, 0.1) is 12.2 Å². The van der Waals surface area contributed by atoms with Crippen LogP contribution in [0.2, 0.25) is 0 Å². The van der Waals surface area contributed by atoms with Gasteiger partial charge in [-0.05, 0) is 36.1 Å². The van der Waals surface area contributed by atoms with Crippen LogP contribution in [0.25, 0.3) is 0 Å². The number of carboxylic acids is 1. The molecule has 0 saturated heterocycles. The average molecular weight is 279 g/mol. The fourth-order valence-electron chi connectivity index (χ4n) is 2.22. The molecule has 0 aliphatic carbocycles. The minimum atomic E-state index is -0.877. The van der Waals surface area contributed by atoms with Crippen LogP contribution in [0.1, 0.15) is 35.3 Å². The monoisotopic (exact) mass is 279 g/mol. The number of ether oxygens (including phenoxy) is 1. The van der Waals surface area contributed by atoms with Crippen molar-refractivity contribution >= 4 is 5.97 Å². The van der Waals surface area contributed by atoms with E-state index in [4.69, 9.17) is 9.84 Å². The summed E-state index contributed by atoms with van der Waals surface area (Å²) in [7, 11) is 1.71. The maximum absolute atomic E-state index is 10.9. The zero-order valence-electron chi connectivity index (χ0n) is 12.8. The highest BCUT2D eigenvalue weighted by Crippen LogP contribution is 2.14. The van der Waals surface area contributed by atoms with E-state index in [9.17, 15) is 4.79 Å². The molecule has 1 aromatic rings. The first-order valence-corrected chi connectivity index (χ1v) is 6.98. The van der Waals surface area contributed by atoms with E-state index in [-0.39, 0.29) is 0 Å². The Morgan fingerprint density at radius 3 is 2.60 bits per heavy atom. The first-order valence-electron chi connectivity index (χ1n) is 6.98. The number of nitrogens with zero attached hydrogens (tertiary/aromatic N) is 1. The molecule has 0 bridgehead atoms. The van der Waals surface area contributed by atoms with Crippen LogP contribution in [-0.4, -0.2) is 42.8 Å². The van der Waals surface area contributed by atoms with Crippen molar-refractivity contribution in [3.8, 4) is 0 Å². The number of carboxylic acid groups (broad SMARTS) is 1. The highest BCUT2D eigenvalue weighted by Gasteiger charge is 2.11. The maximum atomic E-state index is 10.9. The fraction of sp³-hybridized carbons (Fsp3) is 0.562. The number of aromatic carboxylic acids is 1. The molecule has 0 spiro atoms. The van der Waals surface area contributed by atoms with Crippen LogP contribution >= 0.6 is 0 Å². The molecular formula is C16H25NO3. The van der Waals surface area contributed by atoms with Crippen molar-refractivity contribution in [2.24, 2.45) is 5.92 Å². The van der Waals surface area contributed by atoms with Gasteiger partial charge in [0.2, 0.25) is 0 Å². The lowest BCUT2D eigenvalue weighted by atomic mass is 10.0. The Morgan fingerprint density at radius 2 is 2.10 bits per heavy atom. The number of benzene rings is 1. The van der Waals surface area contributed by atoms with Gasteiger partial charge in [0.1, 0.15) is 0 Å². The molecule has 4 nitrogen and oxygen atoms in total. The van der Waals surface area contributed by atoms with Crippen molar-refractivity contribution in [1.82, 2.24) is 4.90 Å². The zero-order valence-corrected chi connectivity index (χ0v) is 12.8. The molecule has 0 fully saturated rings. The molecule has 0 aliphatic heterocycles. The summed E-state index contributed by atoms with van der Waals surface area (Å²) in [4.78, 5) is 13.3. The van der Waals surface area contributed by atoms with E-state index in [0.29, 0.717) is 18.1 Å². The van der Waals surface area contributed by atoms with Crippen LogP contribution in [-0.2, 0) is 11.3 Å². The fourth-order valence-corrected chi connectivity index (χ4v) is 2.22. The first-order chi connectivity index (χ1) is 9.43. The van der Waals surface area contributed by atoms with E-state index >= 15 is 0 Å². The summed E-state index contributed by atoms with van der Waals surface area (Å²) in [5, 5.41) is 8.99. The predicted octanol–water partition coefficient (Wildman–Crippen LogP) is 2.80. The molecule has 0 amide bonds. The van der Waals surface area contributed by atoms with Crippen LogP contribution in [0, 0.1) is 12.8 Å².